The van der Waals surface area contributed by atoms with Gasteiger partial charge in [-0.2, -0.15) is 0 Å². The zero-order valence-corrected chi connectivity index (χ0v) is 27.8. The molecule has 0 unspecified atom stereocenters. The maximum absolute atomic E-state index is 12.7. The summed E-state index contributed by atoms with van der Waals surface area (Å²) in [5, 5.41) is 0. The number of esters is 2. The van der Waals surface area contributed by atoms with E-state index in [0.29, 0.717) is 13.2 Å². The Kier molecular flexibility index (Phi) is 24.2. The quantitative estimate of drug-likeness (QED) is 0.0719. The Morgan fingerprint density at radius 1 is 0.500 bits per heavy atom. The van der Waals surface area contributed by atoms with Gasteiger partial charge in [0, 0.05) is 13.1 Å². The molecule has 242 valence electrons. The second-order valence-electron chi connectivity index (χ2n) is 12.1. The van der Waals surface area contributed by atoms with Gasteiger partial charge in [-0.15, -0.1) is 0 Å². The summed E-state index contributed by atoms with van der Waals surface area (Å²) >= 11 is 0. The van der Waals surface area contributed by atoms with Crippen LogP contribution in [0.4, 0.5) is 0 Å². The zero-order chi connectivity index (χ0) is 30.7. The SMILES string of the molecule is CCCCCCCCCCN(C)CCCOC(=O)c1ccccc1C(=O)OCCCN(C)CCCCCCCCCC. The van der Waals surface area contributed by atoms with Crippen LogP contribution in [0.2, 0.25) is 0 Å². The fourth-order valence-corrected chi connectivity index (χ4v) is 5.25. The van der Waals surface area contributed by atoms with Crippen molar-refractivity contribution < 1.29 is 19.1 Å². The van der Waals surface area contributed by atoms with Crippen LogP contribution in [0.5, 0.6) is 0 Å². The minimum Gasteiger partial charge on any atom is -0.462 e. The van der Waals surface area contributed by atoms with Gasteiger partial charge in [0.25, 0.3) is 0 Å². The highest BCUT2D eigenvalue weighted by Gasteiger charge is 2.19. The van der Waals surface area contributed by atoms with Crippen molar-refractivity contribution >= 4 is 11.9 Å². The van der Waals surface area contributed by atoms with Gasteiger partial charge >= 0.3 is 11.9 Å². The highest BCUT2D eigenvalue weighted by molar-refractivity contribution is 6.03. The molecule has 1 aromatic rings. The molecule has 1 aromatic carbocycles. The fraction of sp³-hybridized carbons (Fsp3) is 0.778. The number of carbonyl (C=O) groups is 2. The van der Waals surface area contributed by atoms with E-state index in [0.717, 1.165) is 39.0 Å². The molecule has 1 rings (SSSR count). The zero-order valence-electron chi connectivity index (χ0n) is 27.8. The van der Waals surface area contributed by atoms with Gasteiger partial charge in [0.2, 0.25) is 0 Å². The summed E-state index contributed by atoms with van der Waals surface area (Å²) in [4.78, 5) is 30.1. The molecule has 0 bridgehead atoms. The van der Waals surface area contributed by atoms with Gasteiger partial charge in [0.1, 0.15) is 0 Å². The molecule has 0 heterocycles. The number of unbranched alkanes of at least 4 members (excludes halogenated alkanes) is 14. The van der Waals surface area contributed by atoms with Crippen LogP contribution >= 0.6 is 0 Å². The molecule has 0 saturated heterocycles. The molecule has 0 aliphatic rings. The molecule has 6 heteroatoms. The first kappa shape index (κ1) is 38.1. The highest BCUT2D eigenvalue weighted by atomic mass is 16.5. The van der Waals surface area contributed by atoms with Crippen LogP contribution < -0.4 is 0 Å². The largest absolute Gasteiger partial charge is 0.462 e. The van der Waals surface area contributed by atoms with Crippen LogP contribution in [-0.2, 0) is 9.47 Å². The van der Waals surface area contributed by atoms with E-state index in [-0.39, 0.29) is 11.1 Å². The molecule has 42 heavy (non-hydrogen) atoms. The van der Waals surface area contributed by atoms with Crippen LogP contribution in [0.3, 0.4) is 0 Å². The van der Waals surface area contributed by atoms with Gasteiger partial charge < -0.3 is 19.3 Å². The summed E-state index contributed by atoms with van der Waals surface area (Å²) in [6, 6.07) is 6.80. The maximum Gasteiger partial charge on any atom is 0.339 e. The van der Waals surface area contributed by atoms with Crippen molar-refractivity contribution in [3.8, 4) is 0 Å². The molecule has 0 amide bonds. The van der Waals surface area contributed by atoms with E-state index in [4.69, 9.17) is 9.47 Å². The van der Waals surface area contributed by atoms with Gasteiger partial charge in [0.15, 0.2) is 0 Å². The number of benzene rings is 1. The molecule has 0 radical (unpaired) electrons. The number of nitrogens with zero attached hydrogens (tertiary/aromatic N) is 2. The lowest BCUT2D eigenvalue weighted by molar-refractivity contribution is 0.0444. The smallest absolute Gasteiger partial charge is 0.339 e. The molecule has 0 fully saturated rings. The second kappa shape index (κ2) is 26.7. The van der Waals surface area contributed by atoms with E-state index < -0.39 is 11.9 Å². The Morgan fingerprint density at radius 2 is 0.810 bits per heavy atom. The molecule has 0 saturated carbocycles. The van der Waals surface area contributed by atoms with Gasteiger partial charge in [-0.25, -0.2) is 9.59 Å². The van der Waals surface area contributed by atoms with Crippen molar-refractivity contribution in [3.63, 3.8) is 0 Å². The van der Waals surface area contributed by atoms with Crippen LogP contribution in [0.25, 0.3) is 0 Å². The minimum atomic E-state index is -0.460. The Balaban J connectivity index is 2.19. The third-order valence-corrected chi connectivity index (χ3v) is 7.99. The monoisotopic (exact) mass is 588 g/mol. The third-order valence-electron chi connectivity index (χ3n) is 7.99. The lowest BCUT2D eigenvalue weighted by Gasteiger charge is -2.17. The predicted molar refractivity (Wildman–Crippen MR) is 176 cm³/mol. The molecule has 0 atom stereocenters. The van der Waals surface area contributed by atoms with Crippen molar-refractivity contribution in [1.29, 1.82) is 0 Å². The molecule has 0 aliphatic carbocycles. The summed E-state index contributed by atoms with van der Waals surface area (Å²) in [7, 11) is 4.26. The Hall–Kier alpha value is -1.92. The molecule has 0 aromatic heterocycles. The van der Waals surface area contributed by atoms with Crippen LogP contribution in [0.1, 0.15) is 150 Å². The fourth-order valence-electron chi connectivity index (χ4n) is 5.25. The normalized spacial score (nSPS) is 11.4. The first-order valence-electron chi connectivity index (χ1n) is 17.3. The summed E-state index contributed by atoms with van der Waals surface area (Å²) in [5.41, 5.74) is 0.559. The van der Waals surface area contributed by atoms with Crippen LogP contribution in [0, 0.1) is 0 Å². The summed E-state index contributed by atoms with van der Waals surface area (Å²) in [6.07, 6.45) is 22.7. The first-order chi connectivity index (χ1) is 20.5. The van der Waals surface area contributed by atoms with E-state index in [1.54, 1.807) is 24.3 Å². The van der Waals surface area contributed by atoms with Crippen molar-refractivity contribution in [1.82, 2.24) is 9.80 Å². The van der Waals surface area contributed by atoms with E-state index in [1.165, 1.54) is 103 Å². The maximum atomic E-state index is 12.7. The number of ether oxygens (including phenoxy) is 2. The van der Waals surface area contributed by atoms with E-state index in [9.17, 15) is 9.59 Å². The minimum absolute atomic E-state index is 0.279. The number of hydrogen-bond acceptors (Lipinski definition) is 6. The Morgan fingerprint density at radius 3 is 1.17 bits per heavy atom. The van der Waals surface area contributed by atoms with Gasteiger partial charge in [-0.3, -0.25) is 0 Å². The first-order valence-corrected chi connectivity index (χ1v) is 17.3. The van der Waals surface area contributed by atoms with Crippen LogP contribution in [-0.4, -0.2) is 75.2 Å². The van der Waals surface area contributed by atoms with E-state index in [2.05, 4.69) is 37.7 Å². The Labute approximate surface area is 258 Å². The van der Waals surface area contributed by atoms with E-state index >= 15 is 0 Å². The molecule has 0 N–H and O–H groups in total. The number of carbonyl (C=O) groups excluding carboxylic acids is 2. The molecular formula is C36H64N2O4. The van der Waals surface area contributed by atoms with E-state index in [1.807, 2.05) is 0 Å². The van der Waals surface area contributed by atoms with Gasteiger partial charge in [-0.1, -0.05) is 116 Å². The number of rotatable bonds is 28. The number of hydrogen-bond donors (Lipinski definition) is 0. The van der Waals surface area contributed by atoms with Crippen molar-refractivity contribution in [3.05, 3.63) is 35.4 Å². The highest BCUT2D eigenvalue weighted by Crippen LogP contribution is 2.13. The lowest BCUT2D eigenvalue weighted by atomic mass is 10.1. The van der Waals surface area contributed by atoms with Gasteiger partial charge in [0.05, 0.1) is 24.3 Å². The standard InChI is InChI=1S/C36H64N2O4/c1-5-7-9-11-13-15-17-21-27-37(3)29-23-31-41-35(39)33-25-19-20-26-34(33)36(40)42-32-24-30-38(4)28-22-18-16-14-12-10-8-6-2/h19-20,25-26H,5-18,21-24,27-32H2,1-4H3. The van der Waals surface area contributed by atoms with Crippen LogP contribution in [0.15, 0.2) is 24.3 Å². The van der Waals surface area contributed by atoms with Gasteiger partial charge in [-0.05, 0) is 65.0 Å². The molecule has 0 spiro atoms. The molecule has 6 nitrogen and oxygen atoms in total. The second-order valence-corrected chi connectivity index (χ2v) is 12.1. The average molecular weight is 589 g/mol. The summed E-state index contributed by atoms with van der Waals surface area (Å²) < 4.78 is 11.0. The summed E-state index contributed by atoms with van der Waals surface area (Å²) in [6.45, 7) is 9.13. The molecular weight excluding hydrogens is 524 g/mol. The third kappa shape index (κ3) is 20.1. The topological polar surface area (TPSA) is 59.1 Å². The Bertz CT molecular complexity index is 735. The lowest BCUT2D eigenvalue weighted by Crippen LogP contribution is -2.23. The summed E-state index contributed by atoms with van der Waals surface area (Å²) in [5.74, 6) is -0.920. The predicted octanol–water partition coefficient (Wildman–Crippen LogP) is 8.93. The van der Waals surface area contributed by atoms with Crippen molar-refractivity contribution in [2.75, 3.05) is 53.5 Å². The van der Waals surface area contributed by atoms with Crippen molar-refractivity contribution in [2.24, 2.45) is 0 Å². The average Bonchev–Trinajstić information content (AvgIpc) is 3.00. The molecule has 0 aliphatic heterocycles. The van der Waals surface area contributed by atoms with Crippen molar-refractivity contribution in [2.45, 2.75) is 129 Å².